The zero-order valence-electron chi connectivity index (χ0n) is 7.29. The zero-order chi connectivity index (χ0) is 9.97. The van der Waals surface area contributed by atoms with Gasteiger partial charge in [0.2, 0.25) is 0 Å². The number of nitrogens with zero attached hydrogens (tertiary/aromatic N) is 2. The van der Waals surface area contributed by atoms with E-state index in [-0.39, 0.29) is 11.7 Å². The lowest BCUT2D eigenvalue weighted by molar-refractivity contribution is 0.0960. The van der Waals surface area contributed by atoms with Crippen LogP contribution in [0, 0.1) is 0 Å². The van der Waals surface area contributed by atoms with E-state index >= 15 is 0 Å². The minimum absolute atomic E-state index is 0.146. The summed E-state index contributed by atoms with van der Waals surface area (Å²) in [6, 6.07) is 6.09. The second-order valence-corrected chi connectivity index (χ2v) is 2.82. The summed E-state index contributed by atoms with van der Waals surface area (Å²) in [5.41, 5.74) is 0.515. The zero-order valence-corrected chi connectivity index (χ0v) is 7.29. The number of rotatable bonds is 1. The molecule has 1 aromatic carbocycles. The van der Waals surface area contributed by atoms with Crippen LogP contribution in [0.15, 0.2) is 43.0 Å². The maximum absolute atomic E-state index is 11.7. The van der Waals surface area contributed by atoms with E-state index in [0.29, 0.717) is 5.56 Å². The van der Waals surface area contributed by atoms with E-state index in [4.69, 9.17) is 5.11 Å². The maximum Gasteiger partial charge on any atom is 0.263 e. The Kier molecular flexibility index (Phi) is 2.02. The highest BCUT2D eigenvalue weighted by atomic mass is 16.3. The number of imidazole rings is 1. The van der Waals surface area contributed by atoms with Crippen molar-refractivity contribution in [3.8, 4) is 5.75 Å². The fourth-order valence-electron chi connectivity index (χ4n) is 1.13. The van der Waals surface area contributed by atoms with Crippen LogP contribution < -0.4 is 0 Å². The monoisotopic (exact) mass is 188 g/mol. The average molecular weight is 188 g/mol. The molecule has 1 aromatic heterocycles. The number of hydrogen-bond acceptors (Lipinski definition) is 3. The smallest absolute Gasteiger partial charge is 0.263 e. The molecule has 4 nitrogen and oxygen atoms in total. The van der Waals surface area contributed by atoms with Crippen molar-refractivity contribution >= 4 is 5.91 Å². The Morgan fingerprint density at radius 2 is 2.00 bits per heavy atom. The Labute approximate surface area is 80.4 Å². The van der Waals surface area contributed by atoms with Gasteiger partial charge >= 0.3 is 0 Å². The van der Waals surface area contributed by atoms with E-state index < -0.39 is 0 Å². The Morgan fingerprint density at radius 3 is 2.57 bits per heavy atom. The molecule has 0 radical (unpaired) electrons. The first-order valence-electron chi connectivity index (χ1n) is 4.09. The summed E-state index contributed by atoms with van der Waals surface area (Å²) in [4.78, 5) is 15.4. The molecule has 14 heavy (non-hydrogen) atoms. The number of carbonyl (C=O) groups is 1. The van der Waals surface area contributed by atoms with E-state index in [9.17, 15) is 4.79 Å². The van der Waals surface area contributed by atoms with Gasteiger partial charge in [0, 0.05) is 18.0 Å². The fourth-order valence-corrected chi connectivity index (χ4v) is 1.13. The first kappa shape index (κ1) is 8.50. The third kappa shape index (κ3) is 1.50. The second-order valence-electron chi connectivity index (χ2n) is 2.82. The number of phenolic OH excluding ortho intramolecular Hbond substituents is 1. The van der Waals surface area contributed by atoms with Crippen LogP contribution in [0.4, 0.5) is 0 Å². The fraction of sp³-hybridized carbons (Fsp3) is 0. The van der Waals surface area contributed by atoms with Crippen LogP contribution in [0.25, 0.3) is 0 Å². The summed E-state index contributed by atoms with van der Waals surface area (Å²) in [5, 5.41) is 9.04. The molecule has 2 rings (SSSR count). The number of phenols is 1. The van der Waals surface area contributed by atoms with Gasteiger partial charge in [0.15, 0.2) is 0 Å². The standard InChI is InChI=1S/C10H8N2O2/c13-9-3-1-8(2-4-9)10(14)12-6-5-11-7-12/h1-7,13H. The lowest BCUT2D eigenvalue weighted by Gasteiger charge is -2.00. The number of hydrogen-bond donors (Lipinski definition) is 1. The molecule has 0 saturated carbocycles. The predicted octanol–water partition coefficient (Wildman–Crippen LogP) is 1.28. The van der Waals surface area contributed by atoms with E-state index in [0.717, 1.165) is 0 Å². The third-order valence-corrected chi connectivity index (χ3v) is 1.85. The van der Waals surface area contributed by atoms with E-state index in [2.05, 4.69) is 4.98 Å². The lowest BCUT2D eigenvalue weighted by Crippen LogP contribution is -2.09. The van der Waals surface area contributed by atoms with Crippen LogP contribution >= 0.6 is 0 Å². The highest BCUT2D eigenvalue weighted by molar-refractivity contribution is 5.95. The summed E-state index contributed by atoms with van der Waals surface area (Å²) in [6.45, 7) is 0. The first-order valence-corrected chi connectivity index (χ1v) is 4.09. The highest BCUT2D eigenvalue weighted by Crippen LogP contribution is 2.10. The molecule has 0 aliphatic carbocycles. The third-order valence-electron chi connectivity index (χ3n) is 1.85. The largest absolute Gasteiger partial charge is 0.508 e. The van der Waals surface area contributed by atoms with E-state index in [1.54, 1.807) is 18.3 Å². The van der Waals surface area contributed by atoms with Gasteiger partial charge in [-0.15, -0.1) is 0 Å². The normalized spacial score (nSPS) is 10.0. The van der Waals surface area contributed by atoms with Crippen LogP contribution in [-0.4, -0.2) is 20.6 Å². The summed E-state index contributed by atoms with van der Waals surface area (Å²) in [7, 11) is 0. The molecular weight excluding hydrogens is 180 g/mol. The average Bonchev–Trinajstić information content (AvgIpc) is 2.71. The topological polar surface area (TPSA) is 55.1 Å². The first-order chi connectivity index (χ1) is 6.77. The molecule has 0 amide bonds. The molecule has 70 valence electrons. The lowest BCUT2D eigenvalue weighted by atomic mass is 10.2. The van der Waals surface area contributed by atoms with Gasteiger partial charge in [0.05, 0.1) is 0 Å². The molecule has 1 heterocycles. The molecular formula is C10H8N2O2. The molecule has 0 unspecified atom stereocenters. The van der Waals surface area contributed by atoms with E-state index in [1.165, 1.54) is 29.2 Å². The molecule has 0 spiro atoms. The van der Waals surface area contributed by atoms with Crippen molar-refractivity contribution < 1.29 is 9.90 Å². The Bertz CT molecular complexity index is 432. The van der Waals surface area contributed by atoms with Crippen molar-refractivity contribution in [1.29, 1.82) is 0 Å². The minimum atomic E-state index is -0.164. The quantitative estimate of drug-likeness (QED) is 0.733. The van der Waals surface area contributed by atoms with Gasteiger partial charge < -0.3 is 5.11 Å². The van der Waals surface area contributed by atoms with Gasteiger partial charge in [-0.1, -0.05) is 0 Å². The van der Waals surface area contributed by atoms with E-state index in [1.807, 2.05) is 0 Å². The molecule has 0 aliphatic rings. The van der Waals surface area contributed by atoms with Crippen molar-refractivity contribution in [2.24, 2.45) is 0 Å². The highest BCUT2D eigenvalue weighted by Gasteiger charge is 2.06. The van der Waals surface area contributed by atoms with Crippen molar-refractivity contribution in [3.05, 3.63) is 48.5 Å². The van der Waals surface area contributed by atoms with Crippen LogP contribution in [0.2, 0.25) is 0 Å². The van der Waals surface area contributed by atoms with Gasteiger partial charge in [0.1, 0.15) is 12.1 Å². The van der Waals surface area contributed by atoms with Crippen molar-refractivity contribution in [1.82, 2.24) is 9.55 Å². The van der Waals surface area contributed by atoms with Gasteiger partial charge in [-0.05, 0) is 24.3 Å². The summed E-state index contributed by atoms with van der Waals surface area (Å²) < 4.78 is 1.38. The van der Waals surface area contributed by atoms with Crippen molar-refractivity contribution in [2.45, 2.75) is 0 Å². The summed E-state index contributed by atoms with van der Waals surface area (Å²) in [5.74, 6) is -0.0188. The Hall–Kier alpha value is -2.10. The number of aromatic hydroxyl groups is 1. The Balaban J connectivity index is 2.33. The van der Waals surface area contributed by atoms with Crippen molar-refractivity contribution in [2.75, 3.05) is 0 Å². The molecule has 0 fully saturated rings. The molecule has 0 saturated heterocycles. The molecule has 1 N–H and O–H groups in total. The van der Waals surface area contributed by atoms with Gasteiger partial charge in [-0.2, -0.15) is 0 Å². The van der Waals surface area contributed by atoms with Crippen LogP contribution in [-0.2, 0) is 0 Å². The summed E-state index contributed by atoms with van der Waals surface area (Å²) >= 11 is 0. The van der Waals surface area contributed by atoms with Crippen LogP contribution in [0.3, 0.4) is 0 Å². The second kappa shape index (κ2) is 3.33. The molecule has 4 heteroatoms. The van der Waals surface area contributed by atoms with Crippen LogP contribution in [0.5, 0.6) is 5.75 Å². The van der Waals surface area contributed by atoms with Crippen molar-refractivity contribution in [3.63, 3.8) is 0 Å². The molecule has 0 bridgehead atoms. The van der Waals surface area contributed by atoms with Gasteiger partial charge in [-0.3, -0.25) is 9.36 Å². The van der Waals surface area contributed by atoms with Crippen LogP contribution in [0.1, 0.15) is 10.4 Å². The molecule has 0 atom stereocenters. The molecule has 0 aliphatic heterocycles. The number of benzene rings is 1. The maximum atomic E-state index is 11.7. The molecule has 2 aromatic rings. The van der Waals surface area contributed by atoms with Gasteiger partial charge in [-0.25, -0.2) is 4.98 Å². The minimum Gasteiger partial charge on any atom is -0.508 e. The number of carbonyl (C=O) groups excluding carboxylic acids is 1. The summed E-state index contributed by atoms with van der Waals surface area (Å²) in [6.07, 6.45) is 4.56. The number of aromatic nitrogens is 2. The Morgan fingerprint density at radius 1 is 1.29 bits per heavy atom. The SMILES string of the molecule is O=C(c1ccc(O)cc1)n1ccnc1. The van der Waals surface area contributed by atoms with Gasteiger partial charge in [0.25, 0.3) is 5.91 Å². The predicted molar refractivity (Wildman–Crippen MR) is 50.1 cm³/mol.